The van der Waals surface area contributed by atoms with Gasteiger partial charge in [-0.2, -0.15) is 0 Å². The molecule has 0 aliphatic heterocycles. The van der Waals surface area contributed by atoms with Gasteiger partial charge in [0.05, 0.1) is 27.9 Å². The first kappa shape index (κ1) is 29.7. The molecule has 4 heteroatoms. The minimum absolute atomic E-state index is 0.726. The molecule has 3 aromatic heterocycles. The van der Waals surface area contributed by atoms with E-state index in [1.54, 1.807) is 0 Å². The second kappa shape index (κ2) is 11.3. The average Bonchev–Trinajstić information content (AvgIpc) is 3.79. The summed E-state index contributed by atoms with van der Waals surface area (Å²) in [6, 6.07) is 63.5. The monoisotopic (exact) mass is 703 g/mol. The number of hydrogen-bond donors (Lipinski definition) is 0. The zero-order valence-corrected chi connectivity index (χ0v) is 29.8. The van der Waals surface area contributed by atoms with Gasteiger partial charge in [0.1, 0.15) is 0 Å². The van der Waals surface area contributed by atoms with Crippen molar-refractivity contribution in [1.82, 2.24) is 14.5 Å². The predicted molar refractivity (Wildman–Crippen MR) is 230 cm³/mol. The molecule has 0 atom stereocenters. The van der Waals surface area contributed by atoms with Crippen LogP contribution in [0.2, 0.25) is 0 Å². The Balaban J connectivity index is 1.14. The summed E-state index contributed by atoms with van der Waals surface area (Å²) >= 11 is 1.84. The van der Waals surface area contributed by atoms with Crippen molar-refractivity contribution in [3.8, 4) is 28.3 Å². The molecule has 3 nitrogen and oxygen atoms in total. The van der Waals surface area contributed by atoms with Crippen LogP contribution in [-0.2, 0) is 0 Å². The van der Waals surface area contributed by atoms with Crippen LogP contribution in [0.25, 0.3) is 114 Å². The molecule has 9 aromatic carbocycles. The lowest BCUT2D eigenvalue weighted by atomic mass is 10.00. The molecule has 0 spiro atoms. The van der Waals surface area contributed by atoms with Gasteiger partial charge >= 0.3 is 0 Å². The lowest BCUT2D eigenvalue weighted by Gasteiger charge is -2.16. The van der Waals surface area contributed by atoms with E-state index in [0.29, 0.717) is 0 Å². The fourth-order valence-electron chi connectivity index (χ4n) is 8.82. The maximum atomic E-state index is 5.46. The van der Waals surface area contributed by atoms with Crippen molar-refractivity contribution in [3.63, 3.8) is 0 Å². The first-order valence-electron chi connectivity index (χ1n) is 18.3. The Hall–Kier alpha value is -6.88. The van der Waals surface area contributed by atoms with Gasteiger partial charge in [0.25, 0.3) is 0 Å². The van der Waals surface area contributed by atoms with E-state index in [9.17, 15) is 0 Å². The van der Waals surface area contributed by atoms with Crippen LogP contribution in [0.3, 0.4) is 0 Å². The van der Waals surface area contributed by atoms with Gasteiger partial charge in [-0.1, -0.05) is 140 Å². The van der Waals surface area contributed by atoms with Gasteiger partial charge in [0.2, 0.25) is 0 Å². The molecule has 0 fully saturated rings. The largest absolute Gasteiger partial charge is 0.309 e. The number of fused-ring (bicyclic) bond motifs is 12. The highest BCUT2D eigenvalue weighted by Crippen LogP contribution is 2.44. The lowest BCUT2D eigenvalue weighted by Crippen LogP contribution is -1.99. The summed E-state index contributed by atoms with van der Waals surface area (Å²) in [5.41, 5.74) is 7.57. The Kier molecular flexibility index (Phi) is 6.21. The molecule has 0 saturated carbocycles. The van der Waals surface area contributed by atoms with Crippen molar-refractivity contribution in [2.24, 2.45) is 0 Å². The Bertz CT molecular complexity index is 3420. The van der Waals surface area contributed by atoms with Crippen LogP contribution in [0.1, 0.15) is 0 Å². The second-order valence-corrected chi connectivity index (χ2v) is 15.1. The normalized spacial score (nSPS) is 12.1. The highest BCUT2D eigenvalue weighted by atomic mass is 32.1. The third-order valence-electron chi connectivity index (χ3n) is 11.2. The number of thiophene rings is 1. The molecule has 0 saturated heterocycles. The molecular weight excluding hydrogens is 675 g/mol. The highest BCUT2D eigenvalue weighted by Gasteiger charge is 2.21. The van der Waals surface area contributed by atoms with Crippen LogP contribution < -0.4 is 0 Å². The third-order valence-corrected chi connectivity index (χ3v) is 12.4. The molecule has 3 heterocycles. The van der Waals surface area contributed by atoms with E-state index in [0.717, 1.165) is 50.0 Å². The molecule has 0 N–H and O–H groups in total. The molecule has 0 aliphatic carbocycles. The summed E-state index contributed by atoms with van der Waals surface area (Å²) in [6.07, 6.45) is 0. The van der Waals surface area contributed by atoms with Crippen LogP contribution in [0.5, 0.6) is 0 Å². The van der Waals surface area contributed by atoms with Crippen LogP contribution in [0.4, 0.5) is 0 Å². The van der Waals surface area contributed by atoms with Crippen molar-refractivity contribution >= 4 is 96.5 Å². The second-order valence-electron chi connectivity index (χ2n) is 14.1. The van der Waals surface area contributed by atoms with E-state index in [1.165, 1.54) is 63.5 Å². The number of para-hydroxylation sites is 1. The maximum absolute atomic E-state index is 5.46. The van der Waals surface area contributed by atoms with E-state index in [-0.39, 0.29) is 0 Å². The van der Waals surface area contributed by atoms with Gasteiger partial charge in [0, 0.05) is 52.8 Å². The lowest BCUT2D eigenvalue weighted by molar-refractivity contribution is 1.19. The minimum atomic E-state index is 0.726. The molecule has 12 aromatic rings. The third kappa shape index (κ3) is 4.17. The molecule has 12 rings (SSSR count). The number of benzene rings is 9. The fraction of sp³-hybridized carbons (Fsp3) is 0. The first-order valence-corrected chi connectivity index (χ1v) is 19.2. The smallest absolute Gasteiger partial charge is 0.161 e. The quantitative estimate of drug-likeness (QED) is 0.183. The molecule has 0 radical (unpaired) electrons. The van der Waals surface area contributed by atoms with E-state index in [2.05, 4.69) is 180 Å². The van der Waals surface area contributed by atoms with Gasteiger partial charge in [-0.05, 0) is 63.3 Å². The van der Waals surface area contributed by atoms with E-state index in [1.807, 2.05) is 11.3 Å². The number of rotatable bonds is 3. The average molecular weight is 704 g/mol. The molecule has 0 aliphatic rings. The summed E-state index contributed by atoms with van der Waals surface area (Å²) in [5, 5.41) is 13.5. The van der Waals surface area contributed by atoms with Crippen LogP contribution in [0, 0.1) is 0 Å². The van der Waals surface area contributed by atoms with Gasteiger partial charge in [0.15, 0.2) is 5.82 Å². The summed E-state index contributed by atoms with van der Waals surface area (Å²) in [4.78, 5) is 10.7. The van der Waals surface area contributed by atoms with Gasteiger partial charge in [-0.3, -0.25) is 0 Å². The van der Waals surface area contributed by atoms with Crippen molar-refractivity contribution in [3.05, 3.63) is 176 Å². The topological polar surface area (TPSA) is 30.7 Å². The van der Waals surface area contributed by atoms with Crippen LogP contribution >= 0.6 is 11.3 Å². The van der Waals surface area contributed by atoms with Crippen LogP contribution in [-0.4, -0.2) is 14.5 Å². The Morgan fingerprint density at radius 3 is 1.72 bits per heavy atom. The first-order chi connectivity index (χ1) is 26.8. The number of aromatic nitrogens is 3. The zero-order valence-electron chi connectivity index (χ0n) is 29.0. The van der Waals surface area contributed by atoms with Crippen molar-refractivity contribution in [1.29, 1.82) is 0 Å². The van der Waals surface area contributed by atoms with Crippen molar-refractivity contribution in [2.75, 3.05) is 0 Å². The summed E-state index contributed by atoms with van der Waals surface area (Å²) in [6.45, 7) is 0. The fourth-order valence-corrected chi connectivity index (χ4v) is 10.0. The molecule has 0 unspecified atom stereocenters. The summed E-state index contributed by atoms with van der Waals surface area (Å²) < 4.78 is 5.00. The minimum Gasteiger partial charge on any atom is -0.309 e. The summed E-state index contributed by atoms with van der Waals surface area (Å²) in [7, 11) is 0. The standard InChI is InChI=1S/C50H29N3S/c1-3-14-32-30(12-1)24-27-43-46(32)47-33-15-4-2-13-31(33)25-28-44(47)53(43)42-29-26-38(34-16-5-6-17-35(34)42)50-51-41-22-9-7-19-39(41)48(52-50)40-21-11-20-37-36-18-8-10-23-45(36)54-49(37)40/h1-29H. The van der Waals surface area contributed by atoms with Crippen molar-refractivity contribution < 1.29 is 0 Å². The Morgan fingerprint density at radius 2 is 0.981 bits per heavy atom. The SMILES string of the molecule is c1ccc2c(c1)ccc1c2c2c3ccccc3ccc2n1-c1ccc(-c2nc(-c3cccc4c3sc3ccccc34)c3ccccc3n2)c2ccccc12. The summed E-state index contributed by atoms with van der Waals surface area (Å²) in [5.74, 6) is 0.726. The Morgan fingerprint density at radius 1 is 0.389 bits per heavy atom. The van der Waals surface area contributed by atoms with Gasteiger partial charge in [-0.25, -0.2) is 9.97 Å². The van der Waals surface area contributed by atoms with Gasteiger partial charge < -0.3 is 4.57 Å². The number of nitrogens with zero attached hydrogens (tertiary/aromatic N) is 3. The highest BCUT2D eigenvalue weighted by molar-refractivity contribution is 7.26. The molecule has 250 valence electrons. The van der Waals surface area contributed by atoms with Gasteiger partial charge in [-0.15, -0.1) is 11.3 Å². The molecule has 54 heavy (non-hydrogen) atoms. The molecule has 0 amide bonds. The van der Waals surface area contributed by atoms with Crippen molar-refractivity contribution in [2.45, 2.75) is 0 Å². The Labute approximate surface area is 314 Å². The maximum Gasteiger partial charge on any atom is 0.161 e. The predicted octanol–water partition coefficient (Wildman–Crippen LogP) is 13.9. The van der Waals surface area contributed by atoms with E-state index >= 15 is 0 Å². The zero-order chi connectivity index (χ0) is 35.3. The molecular formula is C50H29N3S. The van der Waals surface area contributed by atoms with Crippen LogP contribution in [0.15, 0.2) is 176 Å². The molecule has 0 bridgehead atoms. The van der Waals surface area contributed by atoms with E-state index in [4.69, 9.17) is 9.97 Å². The van der Waals surface area contributed by atoms with E-state index < -0.39 is 0 Å². The number of hydrogen-bond acceptors (Lipinski definition) is 3.